The van der Waals surface area contributed by atoms with Gasteiger partial charge in [-0.25, -0.2) is 4.79 Å². The lowest BCUT2D eigenvalue weighted by Crippen LogP contribution is -2.59. The highest BCUT2D eigenvalue weighted by Crippen LogP contribution is 2.17. The molecule has 1 atom stereocenters. The van der Waals surface area contributed by atoms with Crippen LogP contribution in [0.4, 0.5) is 4.79 Å². The molecule has 21 heavy (non-hydrogen) atoms. The van der Waals surface area contributed by atoms with Crippen LogP contribution in [0.2, 0.25) is 0 Å². The molecule has 1 saturated heterocycles. The summed E-state index contributed by atoms with van der Waals surface area (Å²) in [5.74, 6) is -0.885. The number of primary amides is 1. The van der Waals surface area contributed by atoms with Crippen molar-refractivity contribution in [2.45, 2.75) is 37.8 Å². The first kappa shape index (κ1) is 15.7. The molecule has 1 aliphatic heterocycles. The number of nitrogens with zero attached hydrogens (tertiary/aromatic N) is 1. The van der Waals surface area contributed by atoms with E-state index in [-0.39, 0.29) is 12.6 Å². The molecule has 0 bridgehead atoms. The molecule has 0 radical (unpaired) electrons. The number of amides is 4. The van der Waals surface area contributed by atoms with Crippen molar-refractivity contribution in [2.24, 2.45) is 5.73 Å². The molecule has 0 spiro atoms. The lowest BCUT2D eigenvalue weighted by molar-refractivity contribution is -0.127. The first-order valence-electron chi connectivity index (χ1n) is 7.40. The molecule has 1 unspecified atom stereocenters. The number of imide groups is 1. The summed E-state index contributed by atoms with van der Waals surface area (Å²) in [6.45, 7) is 1.65. The van der Waals surface area contributed by atoms with E-state index in [0.29, 0.717) is 19.6 Å². The van der Waals surface area contributed by atoms with E-state index < -0.39 is 23.9 Å². The van der Waals surface area contributed by atoms with E-state index in [1.165, 1.54) is 0 Å². The summed E-state index contributed by atoms with van der Waals surface area (Å²) >= 11 is 0. The Balaban J connectivity index is 1.77. The molecule has 0 aromatic rings. The molecule has 1 heterocycles. The molecule has 5 N–H and O–H groups in total. The van der Waals surface area contributed by atoms with Crippen LogP contribution in [0.1, 0.15) is 25.7 Å². The fraction of sp³-hybridized carbons (Fsp3) is 0.769. The molecule has 8 heteroatoms. The van der Waals surface area contributed by atoms with Gasteiger partial charge in [-0.3, -0.25) is 19.8 Å². The van der Waals surface area contributed by atoms with E-state index in [4.69, 9.17) is 5.73 Å². The number of piperazine rings is 1. The Kier molecular flexibility index (Phi) is 5.51. The number of carbonyl (C=O) groups is 3. The van der Waals surface area contributed by atoms with Gasteiger partial charge in [0.05, 0.1) is 6.54 Å². The third kappa shape index (κ3) is 4.68. The van der Waals surface area contributed by atoms with Crippen molar-refractivity contribution in [1.82, 2.24) is 20.9 Å². The second-order valence-electron chi connectivity index (χ2n) is 5.60. The second kappa shape index (κ2) is 7.37. The van der Waals surface area contributed by atoms with Gasteiger partial charge in [0.2, 0.25) is 11.8 Å². The third-order valence-corrected chi connectivity index (χ3v) is 3.97. The maximum atomic E-state index is 11.9. The zero-order valence-corrected chi connectivity index (χ0v) is 12.1. The van der Waals surface area contributed by atoms with Gasteiger partial charge < -0.3 is 16.4 Å². The fourth-order valence-corrected chi connectivity index (χ4v) is 2.86. The number of carbonyl (C=O) groups excluding carboxylic acids is 3. The zero-order chi connectivity index (χ0) is 15.2. The normalized spacial score (nSPS) is 23.7. The summed E-state index contributed by atoms with van der Waals surface area (Å²) < 4.78 is 0. The van der Waals surface area contributed by atoms with Crippen LogP contribution in [0.25, 0.3) is 0 Å². The van der Waals surface area contributed by atoms with E-state index in [1.807, 2.05) is 0 Å². The first-order chi connectivity index (χ1) is 10.1. The predicted molar refractivity (Wildman–Crippen MR) is 76.4 cm³/mol. The highest BCUT2D eigenvalue weighted by atomic mass is 16.2. The zero-order valence-electron chi connectivity index (χ0n) is 12.1. The van der Waals surface area contributed by atoms with E-state index in [0.717, 1.165) is 25.7 Å². The van der Waals surface area contributed by atoms with E-state index in [9.17, 15) is 14.4 Å². The van der Waals surface area contributed by atoms with Gasteiger partial charge in [-0.15, -0.1) is 0 Å². The molecule has 8 nitrogen and oxygen atoms in total. The number of nitrogens with one attached hydrogen (secondary N) is 3. The van der Waals surface area contributed by atoms with Gasteiger partial charge in [-0.05, 0) is 12.8 Å². The van der Waals surface area contributed by atoms with Crippen LogP contribution < -0.4 is 21.7 Å². The molecule has 4 amide bonds. The molecule has 2 rings (SSSR count). The summed E-state index contributed by atoms with van der Waals surface area (Å²) in [5.41, 5.74) is 5.31. The molecular formula is C13H23N5O3. The van der Waals surface area contributed by atoms with Gasteiger partial charge in [0, 0.05) is 25.7 Å². The average molecular weight is 297 g/mol. The number of hydrogen-bond donors (Lipinski definition) is 4. The Hall–Kier alpha value is -1.67. The van der Waals surface area contributed by atoms with Crippen LogP contribution >= 0.6 is 0 Å². The Morgan fingerprint density at radius 1 is 1.24 bits per heavy atom. The van der Waals surface area contributed by atoms with Crippen LogP contribution in [0.5, 0.6) is 0 Å². The van der Waals surface area contributed by atoms with Gasteiger partial charge in [-0.2, -0.15) is 0 Å². The Bertz CT molecular complexity index is 409. The first-order valence-corrected chi connectivity index (χ1v) is 7.40. The summed E-state index contributed by atoms with van der Waals surface area (Å²) in [5, 5.41) is 8.15. The van der Waals surface area contributed by atoms with Gasteiger partial charge in [0.15, 0.2) is 0 Å². The second-order valence-corrected chi connectivity index (χ2v) is 5.60. The van der Waals surface area contributed by atoms with E-state index >= 15 is 0 Å². The molecule has 1 aliphatic carbocycles. The number of rotatable bonds is 4. The summed E-state index contributed by atoms with van der Waals surface area (Å²) in [6.07, 6.45) is 4.15. The smallest absolute Gasteiger partial charge is 0.321 e. The minimum absolute atomic E-state index is 0.00657. The van der Waals surface area contributed by atoms with Gasteiger partial charge >= 0.3 is 6.03 Å². The van der Waals surface area contributed by atoms with Crippen molar-refractivity contribution in [1.29, 1.82) is 0 Å². The fourth-order valence-electron chi connectivity index (χ4n) is 2.86. The molecule has 0 aromatic carbocycles. The molecule has 1 saturated carbocycles. The van der Waals surface area contributed by atoms with Crippen molar-refractivity contribution in [2.75, 3.05) is 26.2 Å². The highest BCUT2D eigenvalue weighted by molar-refractivity contribution is 5.95. The van der Waals surface area contributed by atoms with Crippen LogP contribution in [-0.4, -0.2) is 61.0 Å². The minimum atomic E-state index is -0.512. The van der Waals surface area contributed by atoms with E-state index in [1.54, 1.807) is 4.90 Å². The molecule has 2 fully saturated rings. The largest absolute Gasteiger partial charge is 0.368 e. The van der Waals surface area contributed by atoms with Crippen molar-refractivity contribution in [3.05, 3.63) is 0 Å². The van der Waals surface area contributed by atoms with Gasteiger partial charge in [0.1, 0.15) is 6.04 Å². The maximum absolute atomic E-state index is 11.9. The predicted octanol–water partition coefficient (Wildman–Crippen LogP) is -1.49. The van der Waals surface area contributed by atoms with Crippen LogP contribution in [0, 0.1) is 0 Å². The summed E-state index contributed by atoms with van der Waals surface area (Å²) in [7, 11) is 0. The minimum Gasteiger partial charge on any atom is -0.368 e. The topological polar surface area (TPSA) is 117 Å². The quantitative estimate of drug-likeness (QED) is 0.505. The average Bonchev–Trinajstić information content (AvgIpc) is 2.91. The Labute approximate surface area is 123 Å². The van der Waals surface area contributed by atoms with Gasteiger partial charge in [-0.1, -0.05) is 12.8 Å². The molecule has 0 aromatic heterocycles. The summed E-state index contributed by atoms with van der Waals surface area (Å²) in [4.78, 5) is 36.6. The summed E-state index contributed by atoms with van der Waals surface area (Å²) in [6, 6.07) is -0.810. The number of urea groups is 1. The van der Waals surface area contributed by atoms with Crippen molar-refractivity contribution >= 4 is 17.8 Å². The van der Waals surface area contributed by atoms with Crippen molar-refractivity contribution in [3.63, 3.8) is 0 Å². The maximum Gasteiger partial charge on any atom is 0.321 e. The standard InChI is InChI=1S/C13H23N5O3/c14-12(20)10-7-15-5-6-18(10)8-11(19)17-13(21)16-9-3-1-2-4-9/h9-10,15H,1-8H2,(H2,14,20)(H2,16,17,19,21). The lowest BCUT2D eigenvalue weighted by atomic mass is 10.2. The van der Waals surface area contributed by atoms with Gasteiger partial charge in [0.25, 0.3) is 0 Å². The SMILES string of the molecule is NC(=O)C1CNCCN1CC(=O)NC(=O)NC1CCCC1. The highest BCUT2D eigenvalue weighted by Gasteiger charge is 2.28. The van der Waals surface area contributed by atoms with Crippen molar-refractivity contribution in [3.8, 4) is 0 Å². The van der Waals surface area contributed by atoms with Crippen LogP contribution in [0.15, 0.2) is 0 Å². The Morgan fingerprint density at radius 2 is 1.95 bits per heavy atom. The number of hydrogen-bond acceptors (Lipinski definition) is 5. The van der Waals surface area contributed by atoms with Crippen LogP contribution in [0.3, 0.4) is 0 Å². The third-order valence-electron chi connectivity index (χ3n) is 3.97. The monoisotopic (exact) mass is 297 g/mol. The number of nitrogens with two attached hydrogens (primary N) is 1. The Morgan fingerprint density at radius 3 is 2.62 bits per heavy atom. The molecule has 2 aliphatic rings. The molecular weight excluding hydrogens is 274 g/mol. The van der Waals surface area contributed by atoms with E-state index in [2.05, 4.69) is 16.0 Å². The lowest BCUT2D eigenvalue weighted by Gasteiger charge is -2.33. The molecule has 118 valence electrons. The van der Waals surface area contributed by atoms with Crippen molar-refractivity contribution < 1.29 is 14.4 Å². The van der Waals surface area contributed by atoms with Crippen LogP contribution in [-0.2, 0) is 9.59 Å².